The van der Waals surface area contributed by atoms with Crippen LogP contribution in [0.15, 0.2) is 0 Å². The Bertz CT molecular complexity index is 282. The Labute approximate surface area is 90.5 Å². The Morgan fingerprint density at radius 3 is 1.79 bits per heavy atom. The van der Waals surface area contributed by atoms with Crippen LogP contribution in [0.25, 0.3) is 0 Å². The summed E-state index contributed by atoms with van der Waals surface area (Å²) >= 11 is 5.47. The van der Waals surface area contributed by atoms with Gasteiger partial charge in [0.15, 0.2) is 0 Å². The standard InChI is InChI=1S/C9H16ClNO2S/c10-7-14(12,13)11(5-8-1-2-8)6-9-3-4-9/h8-9H,1-7H2. The van der Waals surface area contributed by atoms with Gasteiger partial charge in [-0.3, -0.25) is 0 Å². The minimum absolute atomic E-state index is 0.271. The minimum Gasteiger partial charge on any atom is -0.211 e. The molecular formula is C9H16ClNO2S. The molecule has 0 aromatic heterocycles. The van der Waals surface area contributed by atoms with Gasteiger partial charge in [-0.1, -0.05) is 0 Å². The first-order chi connectivity index (χ1) is 6.62. The monoisotopic (exact) mass is 237 g/mol. The average Bonchev–Trinajstić information content (AvgIpc) is 2.96. The number of rotatable bonds is 6. The molecule has 0 N–H and O–H groups in total. The van der Waals surface area contributed by atoms with Crippen molar-refractivity contribution in [1.82, 2.24) is 4.31 Å². The summed E-state index contributed by atoms with van der Waals surface area (Å²) in [5.41, 5.74) is 0. The first-order valence-electron chi connectivity index (χ1n) is 5.15. The number of nitrogens with zero attached hydrogens (tertiary/aromatic N) is 1. The maximum Gasteiger partial charge on any atom is 0.228 e. The summed E-state index contributed by atoms with van der Waals surface area (Å²) in [5.74, 6) is 1.21. The van der Waals surface area contributed by atoms with Crippen molar-refractivity contribution in [3.63, 3.8) is 0 Å². The third kappa shape index (κ3) is 2.84. The molecule has 2 rings (SSSR count). The van der Waals surface area contributed by atoms with E-state index in [-0.39, 0.29) is 5.21 Å². The van der Waals surface area contributed by atoms with Crippen LogP contribution < -0.4 is 0 Å². The Kier molecular flexibility index (Phi) is 3.05. The molecule has 2 aliphatic rings. The lowest BCUT2D eigenvalue weighted by atomic mass is 10.4. The predicted molar refractivity (Wildman–Crippen MR) is 56.7 cm³/mol. The van der Waals surface area contributed by atoms with Crippen LogP contribution in [0, 0.1) is 11.8 Å². The molecule has 0 heterocycles. The van der Waals surface area contributed by atoms with Crippen LogP contribution in [0.1, 0.15) is 25.7 Å². The highest BCUT2D eigenvalue weighted by Crippen LogP contribution is 2.34. The molecule has 82 valence electrons. The fourth-order valence-corrected chi connectivity index (χ4v) is 2.98. The van der Waals surface area contributed by atoms with Crippen molar-refractivity contribution in [2.24, 2.45) is 11.8 Å². The van der Waals surface area contributed by atoms with E-state index < -0.39 is 10.0 Å². The highest BCUT2D eigenvalue weighted by molar-refractivity contribution is 7.90. The number of halogens is 1. The smallest absolute Gasteiger partial charge is 0.211 e. The zero-order valence-electron chi connectivity index (χ0n) is 8.15. The van der Waals surface area contributed by atoms with Gasteiger partial charge in [0.2, 0.25) is 10.0 Å². The van der Waals surface area contributed by atoms with Crippen molar-refractivity contribution in [1.29, 1.82) is 0 Å². The van der Waals surface area contributed by atoms with E-state index in [1.807, 2.05) is 0 Å². The van der Waals surface area contributed by atoms with E-state index in [9.17, 15) is 8.42 Å². The molecule has 2 aliphatic carbocycles. The van der Waals surface area contributed by atoms with E-state index in [1.54, 1.807) is 4.31 Å². The largest absolute Gasteiger partial charge is 0.228 e. The van der Waals surface area contributed by atoms with Crippen molar-refractivity contribution >= 4 is 21.6 Å². The third-order valence-electron chi connectivity index (χ3n) is 2.85. The Morgan fingerprint density at radius 2 is 1.50 bits per heavy atom. The van der Waals surface area contributed by atoms with Crippen molar-refractivity contribution in [3.8, 4) is 0 Å². The van der Waals surface area contributed by atoms with Gasteiger partial charge in [-0.25, -0.2) is 12.7 Å². The van der Waals surface area contributed by atoms with E-state index in [2.05, 4.69) is 0 Å². The summed E-state index contributed by atoms with van der Waals surface area (Å²) in [5, 5.41) is -0.271. The number of hydrogen-bond donors (Lipinski definition) is 0. The lowest BCUT2D eigenvalue weighted by molar-refractivity contribution is 0.384. The highest BCUT2D eigenvalue weighted by Gasteiger charge is 2.34. The molecule has 0 unspecified atom stereocenters. The number of sulfonamides is 1. The summed E-state index contributed by atoms with van der Waals surface area (Å²) in [7, 11) is -3.17. The summed E-state index contributed by atoms with van der Waals surface area (Å²) < 4.78 is 24.8. The number of hydrogen-bond acceptors (Lipinski definition) is 2. The Morgan fingerprint density at radius 1 is 1.07 bits per heavy atom. The molecule has 0 radical (unpaired) electrons. The average molecular weight is 238 g/mol. The van der Waals surface area contributed by atoms with Gasteiger partial charge in [-0.05, 0) is 37.5 Å². The fraction of sp³-hybridized carbons (Fsp3) is 1.00. The van der Waals surface area contributed by atoms with Crippen LogP contribution in [0.2, 0.25) is 0 Å². The molecule has 2 fully saturated rings. The first-order valence-corrected chi connectivity index (χ1v) is 7.30. The second-order valence-electron chi connectivity index (χ2n) is 4.42. The summed E-state index contributed by atoms with van der Waals surface area (Å²) in [4.78, 5) is 0. The second-order valence-corrected chi connectivity index (χ2v) is 6.98. The van der Waals surface area contributed by atoms with Crippen LogP contribution in [-0.4, -0.2) is 31.0 Å². The second kappa shape index (κ2) is 3.99. The SMILES string of the molecule is O=S(=O)(CCl)N(CC1CC1)CC1CC1. The molecule has 14 heavy (non-hydrogen) atoms. The van der Waals surface area contributed by atoms with Gasteiger partial charge in [0.25, 0.3) is 0 Å². The molecule has 0 aliphatic heterocycles. The molecule has 0 saturated heterocycles. The molecule has 2 saturated carbocycles. The quantitative estimate of drug-likeness (QED) is 0.659. The van der Waals surface area contributed by atoms with Crippen LogP contribution in [-0.2, 0) is 10.0 Å². The molecule has 0 aromatic rings. The number of alkyl halides is 1. The minimum atomic E-state index is -3.17. The first kappa shape index (κ1) is 10.7. The van der Waals surface area contributed by atoms with Gasteiger partial charge in [-0.15, -0.1) is 11.6 Å². The lowest BCUT2D eigenvalue weighted by Crippen LogP contribution is -2.35. The van der Waals surface area contributed by atoms with E-state index in [0.29, 0.717) is 24.9 Å². The van der Waals surface area contributed by atoms with Gasteiger partial charge < -0.3 is 0 Å². The Hall–Kier alpha value is 0.200. The molecule has 0 aromatic carbocycles. The van der Waals surface area contributed by atoms with E-state index >= 15 is 0 Å². The van der Waals surface area contributed by atoms with Gasteiger partial charge in [-0.2, -0.15) is 0 Å². The van der Waals surface area contributed by atoms with Crippen molar-refractivity contribution in [2.75, 3.05) is 18.3 Å². The predicted octanol–water partition coefficient (Wildman–Crippen LogP) is 1.63. The maximum absolute atomic E-state index is 11.6. The zero-order chi connectivity index (χ0) is 10.2. The van der Waals surface area contributed by atoms with Crippen molar-refractivity contribution in [3.05, 3.63) is 0 Å². The molecule has 0 atom stereocenters. The molecule has 0 amide bonds. The lowest BCUT2D eigenvalue weighted by Gasteiger charge is -2.20. The summed E-state index contributed by atoms with van der Waals surface area (Å²) in [6.07, 6.45) is 4.72. The topological polar surface area (TPSA) is 37.4 Å². The molecule has 0 spiro atoms. The summed E-state index contributed by atoms with van der Waals surface area (Å²) in [6, 6.07) is 0. The third-order valence-corrected chi connectivity index (χ3v) is 5.04. The van der Waals surface area contributed by atoms with E-state index in [4.69, 9.17) is 11.6 Å². The Balaban J connectivity index is 1.95. The zero-order valence-corrected chi connectivity index (χ0v) is 9.73. The van der Waals surface area contributed by atoms with Crippen molar-refractivity contribution < 1.29 is 8.42 Å². The van der Waals surface area contributed by atoms with Crippen molar-refractivity contribution in [2.45, 2.75) is 25.7 Å². The molecule has 5 heteroatoms. The van der Waals surface area contributed by atoms with Gasteiger partial charge in [0, 0.05) is 13.1 Å². The van der Waals surface area contributed by atoms with Crippen LogP contribution in [0.3, 0.4) is 0 Å². The van der Waals surface area contributed by atoms with Crippen LogP contribution in [0.5, 0.6) is 0 Å². The van der Waals surface area contributed by atoms with Gasteiger partial charge >= 0.3 is 0 Å². The normalized spacial score (nSPS) is 23.0. The molecular weight excluding hydrogens is 222 g/mol. The van der Waals surface area contributed by atoms with E-state index in [0.717, 1.165) is 0 Å². The van der Waals surface area contributed by atoms with E-state index in [1.165, 1.54) is 25.7 Å². The van der Waals surface area contributed by atoms with Crippen LogP contribution in [0.4, 0.5) is 0 Å². The van der Waals surface area contributed by atoms with Gasteiger partial charge in [0.1, 0.15) is 5.21 Å². The van der Waals surface area contributed by atoms with Gasteiger partial charge in [0.05, 0.1) is 0 Å². The molecule has 3 nitrogen and oxygen atoms in total. The molecule has 0 bridgehead atoms. The maximum atomic E-state index is 11.6. The summed E-state index contributed by atoms with van der Waals surface area (Å²) in [6.45, 7) is 1.40. The highest BCUT2D eigenvalue weighted by atomic mass is 35.5. The fourth-order valence-electron chi connectivity index (χ4n) is 1.55. The van der Waals surface area contributed by atoms with Crippen LogP contribution >= 0.6 is 11.6 Å².